The Hall–Kier alpha value is -2.43. The van der Waals surface area contributed by atoms with E-state index in [0.29, 0.717) is 20.3 Å². The quantitative estimate of drug-likeness (QED) is 0.356. The minimum atomic E-state index is -0.451. The molecule has 3 aromatic heterocycles. The van der Waals surface area contributed by atoms with Gasteiger partial charge in [-0.15, -0.1) is 22.7 Å². The molecule has 3 rings (SSSR count). The second kappa shape index (κ2) is 6.36. The summed E-state index contributed by atoms with van der Waals surface area (Å²) < 4.78 is 0. The molecule has 0 saturated heterocycles. The first-order chi connectivity index (χ1) is 11.1. The predicted molar refractivity (Wildman–Crippen MR) is 92.5 cm³/mol. The van der Waals surface area contributed by atoms with E-state index in [1.165, 1.54) is 41.0 Å². The van der Waals surface area contributed by atoms with Crippen molar-refractivity contribution < 1.29 is 9.85 Å². The van der Waals surface area contributed by atoms with Gasteiger partial charge in [0.1, 0.15) is 4.88 Å². The fraction of sp³-hybridized carbons (Fsp3) is 0. The summed E-state index contributed by atoms with van der Waals surface area (Å²) in [5, 5.41) is 25.2. The topological polar surface area (TPSA) is 98.6 Å². The molecule has 3 heterocycles. The van der Waals surface area contributed by atoms with Gasteiger partial charge in [-0.1, -0.05) is 11.3 Å². The number of thiophene rings is 3. The van der Waals surface area contributed by atoms with Crippen LogP contribution in [-0.4, -0.2) is 16.1 Å². The molecule has 0 bridgehead atoms. The Bertz CT molecular complexity index is 909. The summed E-state index contributed by atoms with van der Waals surface area (Å²) in [5.74, 6) is 0. The molecule has 0 fully saturated rings. The van der Waals surface area contributed by atoms with Crippen molar-refractivity contribution in [3.8, 4) is 9.75 Å². The average molecular weight is 365 g/mol. The maximum absolute atomic E-state index is 11.1. The smallest absolute Gasteiger partial charge is 0.258 e. The molecule has 7 nitrogen and oxygen atoms in total. The number of aliphatic imine (C=N–C) groups is 1. The van der Waals surface area contributed by atoms with Gasteiger partial charge in [-0.2, -0.15) is 0 Å². The van der Waals surface area contributed by atoms with Gasteiger partial charge in [0.15, 0.2) is 0 Å². The van der Waals surface area contributed by atoms with E-state index in [2.05, 4.69) is 4.99 Å². The summed E-state index contributed by atoms with van der Waals surface area (Å²) in [7, 11) is 0. The van der Waals surface area contributed by atoms with E-state index >= 15 is 0 Å². The van der Waals surface area contributed by atoms with E-state index < -0.39 is 9.85 Å². The van der Waals surface area contributed by atoms with Gasteiger partial charge in [0.25, 0.3) is 5.69 Å². The Labute approximate surface area is 141 Å². The molecule has 0 amide bonds. The Balaban J connectivity index is 1.91. The lowest BCUT2D eigenvalue weighted by Gasteiger charge is -1.96. The molecule has 0 aliphatic carbocycles. The van der Waals surface area contributed by atoms with Gasteiger partial charge in [0.05, 0.1) is 25.3 Å². The largest absolute Gasteiger partial charge is 0.324 e. The Morgan fingerprint density at radius 1 is 0.957 bits per heavy atom. The molecule has 23 heavy (non-hydrogen) atoms. The molecule has 0 saturated carbocycles. The van der Waals surface area contributed by atoms with E-state index in [-0.39, 0.29) is 10.7 Å². The standard InChI is InChI=1S/C13H7N3O4S3/c17-15(18)10-4-6-22-13(10)12-9(3-5-21-12)14-7-8-1-2-11(23-8)16(19)20/h1-7H. The van der Waals surface area contributed by atoms with Gasteiger partial charge in [-0.05, 0) is 22.9 Å². The zero-order valence-corrected chi connectivity index (χ0v) is 13.7. The van der Waals surface area contributed by atoms with E-state index in [1.807, 2.05) is 5.38 Å². The first kappa shape index (κ1) is 15.5. The van der Waals surface area contributed by atoms with Crippen molar-refractivity contribution in [3.63, 3.8) is 0 Å². The highest BCUT2D eigenvalue weighted by Gasteiger charge is 2.20. The molecule has 0 aliphatic rings. The fourth-order valence-corrected chi connectivity index (χ4v) is 4.41. The van der Waals surface area contributed by atoms with Crippen LogP contribution in [0.25, 0.3) is 9.75 Å². The second-order valence-electron chi connectivity index (χ2n) is 4.22. The summed E-state index contributed by atoms with van der Waals surface area (Å²) in [6, 6.07) is 6.27. The summed E-state index contributed by atoms with van der Waals surface area (Å²) in [4.78, 5) is 27.1. The van der Waals surface area contributed by atoms with Crippen molar-refractivity contribution in [3.05, 3.63) is 60.1 Å². The molecule has 0 N–H and O–H groups in total. The number of nitro groups is 2. The number of hydrogen-bond acceptors (Lipinski definition) is 8. The first-order valence-corrected chi connectivity index (χ1v) is 8.72. The Morgan fingerprint density at radius 2 is 1.70 bits per heavy atom. The van der Waals surface area contributed by atoms with Crippen LogP contribution >= 0.6 is 34.0 Å². The third-order valence-corrected chi connectivity index (χ3v) is 5.76. The third kappa shape index (κ3) is 3.18. The third-order valence-electron chi connectivity index (χ3n) is 2.82. The second-order valence-corrected chi connectivity index (χ2v) is 7.14. The lowest BCUT2D eigenvalue weighted by molar-refractivity contribution is -0.383. The van der Waals surface area contributed by atoms with Crippen molar-refractivity contribution in [2.24, 2.45) is 4.99 Å². The van der Waals surface area contributed by atoms with Gasteiger partial charge in [0, 0.05) is 18.3 Å². The monoisotopic (exact) mass is 365 g/mol. The lowest BCUT2D eigenvalue weighted by atomic mass is 10.3. The highest BCUT2D eigenvalue weighted by Crippen LogP contribution is 2.43. The summed E-state index contributed by atoms with van der Waals surface area (Å²) in [5.41, 5.74) is 0.664. The van der Waals surface area contributed by atoms with E-state index in [9.17, 15) is 20.2 Å². The number of nitrogens with zero attached hydrogens (tertiary/aromatic N) is 3. The van der Waals surface area contributed by atoms with Gasteiger partial charge in [-0.3, -0.25) is 25.2 Å². The normalized spacial score (nSPS) is 11.1. The zero-order chi connectivity index (χ0) is 16.4. The van der Waals surface area contributed by atoms with Crippen molar-refractivity contribution in [1.82, 2.24) is 0 Å². The average Bonchev–Trinajstić information content (AvgIpc) is 3.24. The van der Waals surface area contributed by atoms with Crippen LogP contribution in [0.15, 0.2) is 40.0 Å². The van der Waals surface area contributed by atoms with E-state index in [1.54, 1.807) is 17.5 Å². The van der Waals surface area contributed by atoms with Crippen LogP contribution < -0.4 is 0 Å². The molecule has 0 radical (unpaired) electrons. The van der Waals surface area contributed by atoms with Crippen LogP contribution in [0.1, 0.15) is 4.88 Å². The van der Waals surface area contributed by atoms with Crippen LogP contribution in [0.3, 0.4) is 0 Å². The molecule has 0 atom stereocenters. The van der Waals surface area contributed by atoms with Crippen molar-refractivity contribution in [2.45, 2.75) is 0 Å². The van der Waals surface area contributed by atoms with Gasteiger partial charge >= 0.3 is 5.00 Å². The van der Waals surface area contributed by atoms with Crippen LogP contribution in [-0.2, 0) is 0 Å². The van der Waals surface area contributed by atoms with Crippen LogP contribution in [0.5, 0.6) is 0 Å². The highest BCUT2D eigenvalue weighted by molar-refractivity contribution is 7.21. The molecular formula is C13H7N3O4S3. The molecule has 0 spiro atoms. The minimum absolute atomic E-state index is 0.0471. The summed E-state index contributed by atoms with van der Waals surface area (Å²) >= 11 is 3.68. The summed E-state index contributed by atoms with van der Waals surface area (Å²) in [6.07, 6.45) is 1.53. The maximum Gasteiger partial charge on any atom is 0.324 e. The molecule has 0 unspecified atom stereocenters. The van der Waals surface area contributed by atoms with Gasteiger partial charge < -0.3 is 0 Å². The van der Waals surface area contributed by atoms with Crippen molar-refractivity contribution >= 4 is 56.6 Å². The van der Waals surface area contributed by atoms with Crippen LogP contribution in [0.2, 0.25) is 0 Å². The molecule has 10 heteroatoms. The molecule has 3 aromatic rings. The Kier molecular flexibility index (Phi) is 4.28. The van der Waals surface area contributed by atoms with Gasteiger partial charge in [0.2, 0.25) is 0 Å². The zero-order valence-electron chi connectivity index (χ0n) is 11.2. The van der Waals surface area contributed by atoms with Crippen LogP contribution in [0, 0.1) is 20.2 Å². The van der Waals surface area contributed by atoms with Gasteiger partial charge in [-0.25, -0.2) is 0 Å². The highest BCUT2D eigenvalue weighted by atomic mass is 32.1. The molecule has 116 valence electrons. The lowest BCUT2D eigenvalue weighted by Crippen LogP contribution is -1.86. The predicted octanol–water partition coefficient (Wildman–Crippen LogP) is 5.11. The van der Waals surface area contributed by atoms with Crippen LogP contribution in [0.4, 0.5) is 16.4 Å². The van der Waals surface area contributed by atoms with Crippen molar-refractivity contribution in [2.75, 3.05) is 0 Å². The molecular weight excluding hydrogens is 358 g/mol. The number of rotatable bonds is 5. The van der Waals surface area contributed by atoms with E-state index in [4.69, 9.17) is 0 Å². The number of hydrogen-bond donors (Lipinski definition) is 0. The van der Waals surface area contributed by atoms with E-state index in [0.717, 1.165) is 11.3 Å². The van der Waals surface area contributed by atoms with Crippen molar-refractivity contribution in [1.29, 1.82) is 0 Å². The summed E-state index contributed by atoms with van der Waals surface area (Å²) in [6.45, 7) is 0. The molecule has 0 aromatic carbocycles. The minimum Gasteiger partial charge on any atom is -0.258 e. The molecule has 0 aliphatic heterocycles. The first-order valence-electron chi connectivity index (χ1n) is 6.14. The fourth-order valence-electron chi connectivity index (χ4n) is 1.83. The maximum atomic E-state index is 11.1. The SMILES string of the molecule is O=[N+]([O-])c1ccc(C=Nc2ccsc2-c2sccc2[N+](=O)[O-])s1. The Morgan fingerprint density at radius 3 is 2.39 bits per heavy atom.